The molecule has 2 amide bonds. The maximum atomic E-state index is 13.5. The summed E-state index contributed by atoms with van der Waals surface area (Å²) in [7, 11) is 0. The lowest BCUT2D eigenvalue weighted by molar-refractivity contribution is -0.142. The second-order valence-corrected chi connectivity index (χ2v) is 9.90. The molecule has 0 N–H and O–H groups in total. The van der Waals surface area contributed by atoms with Gasteiger partial charge in [-0.1, -0.05) is 48.5 Å². The minimum Gasteiger partial charge on any atom is -0.370 e. The lowest BCUT2D eigenvalue weighted by Gasteiger charge is -2.45. The van der Waals surface area contributed by atoms with Gasteiger partial charge in [0, 0.05) is 18.7 Å². The highest BCUT2D eigenvalue weighted by Crippen LogP contribution is 2.41. The largest absolute Gasteiger partial charge is 0.370 e. The zero-order valence-electron chi connectivity index (χ0n) is 17.7. The van der Waals surface area contributed by atoms with E-state index in [1.165, 1.54) is 0 Å². The maximum absolute atomic E-state index is 13.5. The van der Waals surface area contributed by atoms with Crippen molar-refractivity contribution in [3.05, 3.63) is 71.3 Å². The third kappa shape index (κ3) is 3.99. The first-order valence-corrected chi connectivity index (χ1v) is 12.2. The fourth-order valence-corrected chi connectivity index (χ4v) is 6.32. The van der Waals surface area contributed by atoms with Crippen LogP contribution in [0.4, 0.5) is 0 Å². The lowest BCUT2D eigenvalue weighted by atomic mass is 9.85. The van der Waals surface area contributed by atoms with Crippen LogP contribution in [0, 0.1) is 0 Å². The molecular weight excluding hydrogens is 408 g/mol. The first kappa shape index (κ1) is 20.6. The van der Waals surface area contributed by atoms with Gasteiger partial charge in [0.1, 0.15) is 6.10 Å². The minimum absolute atomic E-state index is 0.0828. The standard InChI is InChI=1S/C25H28N2O3S/c28-23(26-12-13-30-22(18-26)19-6-2-1-3-7-19)16-25(10-14-31-15-11-25)27-17-20-8-4-5-9-21(20)24(27)29/h1-9,22H,10-18H2. The van der Waals surface area contributed by atoms with Crippen molar-refractivity contribution in [1.82, 2.24) is 9.80 Å². The SMILES string of the molecule is O=C(CC1(N2Cc3ccccc3C2=O)CCSCC1)N1CCOC(c2ccccc2)C1. The van der Waals surface area contributed by atoms with Gasteiger partial charge in [-0.15, -0.1) is 0 Å². The number of thioether (sulfide) groups is 1. The zero-order valence-corrected chi connectivity index (χ0v) is 18.5. The highest BCUT2D eigenvalue weighted by atomic mass is 32.2. The van der Waals surface area contributed by atoms with Crippen molar-refractivity contribution in [3.63, 3.8) is 0 Å². The zero-order chi connectivity index (χ0) is 21.3. The molecule has 2 aromatic rings. The molecule has 31 heavy (non-hydrogen) atoms. The van der Waals surface area contributed by atoms with Gasteiger partial charge in [-0.3, -0.25) is 9.59 Å². The molecule has 6 heteroatoms. The van der Waals surface area contributed by atoms with Gasteiger partial charge in [0.2, 0.25) is 5.91 Å². The maximum Gasteiger partial charge on any atom is 0.254 e. The van der Waals surface area contributed by atoms with Crippen LogP contribution in [-0.4, -0.2) is 58.4 Å². The molecule has 2 aromatic carbocycles. The number of rotatable bonds is 4. The Labute approximate surface area is 187 Å². The normalized spacial score (nSPS) is 23.0. The van der Waals surface area contributed by atoms with Crippen molar-refractivity contribution < 1.29 is 14.3 Å². The minimum atomic E-state index is -0.390. The summed E-state index contributed by atoms with van der Waals surface area (Å²) in [5, 5.41) is 0. The molecule has 2 fully saturated rings. The summed E-state index contributed by atoms with van der Waals surface area (Å²) in [4.78, 5) is 30.7. The van der Waals surface area contributed by atoms with E-state index in [0.29, 0.717) is 32.7 Å². The molecule has 162 valence electrons. The molecule has 0 spiro atoms. The number of benzene rings is 2. The molecule has 5 nitrogen and oxygen atoms in total. The molecule has 0 bridgehead atoms. The van der Waals surface area contributed by atoms with Crippen molar-refractivity contribution >= 4 is 23.6 Å². The Balaban J connectivity index is 1.34. The summed E-state index contributed by atoms with van der Waals surface area (Å²) in [5.74, 6) is 2.20. The number of morpholine rings is 1. The summed E-state index contributed by atoms with van der Waals surface area (Å²) in [6.07, 6.45) is 2.05. The van der Waals surface area contributed by atoms with Crippen LogP contribution >= 0.6 is 11.8 Å². The van der Waals surface area contributed by atoms with Crippen LogP contribution in [0.25, 0.3) is 0 Å². The van der Waals surface area contributed by atoms with Gasteiger partial charge in [-0.2, -0.15) is 11.8 Å². The third-order valence-electron chi connectivity index (χ3n) is 6.89. The summed E-state index contributed by atoms with van der Waals surface area (Å²) in [5.41, 5.74) is 2.59. The topological polar surface area (TPSA) is 49.9 Å². The van der Waals surface area contributed by atoms with E-state index in [4.69, 9.17) is 4.74 Å². The highest BCUT2D eigenvalue weighted by Gasteiger charge is 2.46. The van der Waals surface area contributed by atoms with E-state index >= 15 is 0 Å². The van der Waals surface area contributed by atoms with E-state index in [-0.39, 0.29) is 23.5 Å². The summed E-state index contributed by atoms with van der Waals surface area (Å²) >= 11 is 1.92. The smallest absolute Gasteiger partial charge is 0.254 e. The van der Waals surface area contributed by atoms with E-state index < -0.39 is 0 Å². The van der Waals surface area contributed by atoms with Gasteiger partial charge < -0.3 is 14.5 Å². The van der Waals surface area contributed by atoms with Crippen LogP contribution < -0.4 is 0 Å². The predicted molar refractivity (Wildman–Crippen MR) is 122 cm³/mol. The Hall–Kier alpha value is -2.31. The van der Waals surface area contributed by atoms with Crippen LogP contribution in [-0.2, 0) is 16.1 Å². The average molecular weight is 437 g/mol. The van der Waals surface area contributed by atoms with Crippen LogP contribution in [0.1, 0.15) is 46.9 Å². The Morgan fingerprint density at radius 2 is 1.81 bits per heavy atom. The van der Waals surface area contributed by atoms with Crippen LogP contribution in [0.15, 0.2) is 54.6 Å². The Morgan fingerprint density at radius 1 is 1.06 bits per heavy atom. The summed E-state index contributed by atoms with van der Waals surface area (Å²) in [6.45, 7) is 2.34. The number of ether oxygens (including phenoxy) is 1. The highest BCUT2D eigenvalue weighted by molar-refractivity contribution is 7.99. The van der Waals surface area contributed by atoms with E-state index in [1.54, 1.807) is 0 Å². The number of carbonyl (C=O) groups excluding carboxylic acids is 2. The molecule has 0 saturated carbocycles. The molecule has 5 rings (SSSR count). The number of hydrogen-bond acceptors (Lipinski definition) is 4. The van der Waals surface area contributed by atoms with E-state index in [1.807, 2.05) is 64.0 Å². The molecule has 0 radical (unpaired) electrons. The van der Waals surface area contributed by atoms with Gasteiger partial charge in [0.15, 0.2) is 0 Å². The van der Waals surface area contributed by atoms with E-state index in [2.05, 4.69) is 12.1 Å². The molecule has 3 aliphatic rings. The molecule has 1 unspecified atom stereocenters. The fourth-order valence-electron chi connectivity index (χ4n) is 5.07. The van der Waals surface area contributed by atoms with Gasteiger partial charge in [0.25, 0.3) is 5.91 Å². The number of hydrogen-bond donors (Lipinski definition) is 0. The van der Waals surface area contributed by atoms with Gasteiger partial charge >= 0.3 is 0 Å². The number of amides is 2. The average Bonchev–Trinajstić information content (AvgIpc) is 3.18. The monoisotopic (exact) mass is 436 g/mol. The summed E-state index contributed by atoms with van der Waals surface area (Å²) < 4.78 is 5.96. The van der Waals surface area contributed by atoms with Crippen molar-refractivity contribution in [2.24, 2.45) is 0 Å². The number of carbonyl (C=O) groups is 2. The second kappa shape index (κ2) is 8.67. The predicted octanol–water partition coefficient (Wildman–Crippen LogP) is 3.90. The van der Waals surface area contributed by atoms with Crippen LogP contribution in [0.2, 0.25) is 0 Å². The molecule has 0 aliphatic carbocycles. The van der Waals surface area contributed by atoms with Crippen LogP contribution in [0.3, 0.4) is 0 Å². The molecule has 3 aliphatic heterocycles. The van der Waals surface area contributed by atoms with Crippen molar-refractivity contribution in [3.8, 4) is 0 Å². The Kier molecular flexibility index (Phi) is 5.76. The van der Waals surface area contributed by atoms with E-state index in [0.717, 1.165) is 41.0 Å². The lowest BCUT2D eigenvalue weighted by Crippen LogP contribution is -2.55. The quantitative estimate of drug-likeness (QED) is 0.730. The first-order valence-electron chi connectivity index (χ1n) is 11.1. The third-order valence-corrected chi connectivity index (χ3v) is 7.87. The number of fused-ring (bicyclic) bond motifs is 1. The summed E-state index contributed by atoms with van der Waals surface area (Å²) in [6, 6.07) is 18.0. The molecule has 1 atom stereocenters. The Bertz CT molecular complexity index is 958. The molecule has 2 saturated heterocycles. The molecular formula is C25H28N2O3S. The number of nitrogens with zero attached hydrogens (tertiary/aromatic N) is 2. The van der Waals surface area contributed by atoms with Crippen LogP contribution in [0.5, 0.6) is 0 Å². The van der Waals surface area contributed by atoms with Crippen molar-refractivity contribution in [2.45, 2.75) is 37.5 Å². The van der Waals surface area contributed by atoms with Gasteiger partial charge in [-0.25, -0.2) is 0 Å². The van der Waals surface area contributed by atoms with E-state index in [9.17, 15) is 9.59 Å². The van der Waals surface area contributed by atoms with Gasteiger partial charge in [0.05, 0.1) is 25.1 Å². The second-order valence-electron chi connectivity index (χ2n) is 8.67. The Morgan fingerprint density at radius 3 is 2.58 bits per heavy atom. The first-order chi connectivity index (χ1) is 15.2. The van der Waals surface area contributed by atoms with Crippen molar-refractivity contribution in [2.75, 3.05) is 31.2 Å². The van der Waals surface area contributed by atoms with Crippen molar-refractivity contribution in [1.29, 1.82) is 0 Å². The van der Waals surface area contributed by atoms with Gasteiger partial charge in [-0.05, 0) is 41.5 Å². The molecule has 0 aromatic heterocycles. The fraction of sp³-hybridized carbons (Fsp3) is 0.440. The molecule has 3 heterocycles.